The first kappa shape index (κ1) is 24.6. The summed E-state index contributed by atoms with van der Waals surface area (Å²) in [5, 5.41) is 0. The molecule has 1 aliphatic rings. The fourth-order valence-corrected chi connectivity index (χ4v) is 3.63. The van der Waals surface area contributed by atoms with Gasteiger partial charge in [-0.25, -0.2) is 17.5 Å². The van der Waals surface area contributed by atoms with Crippen molar-refractivity contribution in [2.24, 2.45) is 0 Å². The molecule has 1 aromatic carbocycles. The third kappa shape index (κ3) is 2.69. The van der Waals surface area contributed by atoms with Crippen molar-refractivity contribution < 1.29 is 61.5 Å². The van der Waals surface area contributed by atoms with Gasteiger partial charge in [-0.15, -0.1) is 0 Å². The SMILES string of the molecule is O=C(NS(=O)(=O)c1ccc(Br)cc1)C1(F)C(F)(F)C(F)(F)C(F)(F)C(F)(F)C1(F)F. The van der Waals surface area contributed by atoms with E-state index in [-0.39, 0.29) is 9.19 Å². The molecule has 1 fully saturated rings. The van der Waals surface area contributed by atoms with Crippen LogP contribution in [0.1, 0.15) is 0 Å². The lowest BCUT2D eigenvalue weighted by atomic mass is 9.72. The summed E-state index contributed by atoms with van der Waals surface area (Å²) in [6.45, 7) is 0. The summed E-state index contributed by atoms with van der Waals surface area (Å²) in [5.41, 5.74) is -7.10. The van der Waals surface area contributed by atoms with Crippen LogP contribution >= 0.6 is 15.9 Å². The molecule has 1 saturated carbocycles. The Morgan fingerprint density at radius 3 is 1.40 bits per heavy atom. The molecule has 0 aliphatic heterocycles. The fraction of sp³-hybridized carbons (Fsp3) is 0.462. The molecule has 1 aliphatic carbocycles. The highest BCUT2D eigenvalue weighted by atomic mass is 79.9. The third-order valence-electron chi connectivity index (χ3n) is 4.11. The van der Waals surface area contributed by atoms with E-state index in [0.717, 1.165) is 12.1 Å². The molecule has 170 valence electrons. The van der Waals surface area contributed by atoms with Crippen molar-refractivity contribution in [3.8, 4) is 0 Å². The van der Waals surface area contributed by atoms with Crippen LogP contribution < -0.4 is 4.72 Å². The van der Waals surface area contributed by atoms with Gasteiger partial charge in [-0.1, -0.05) is 15.9 Å². The van der Waals surface area contributed by atoms with E-state index in [4.69, 9.17) is 0 Å². The van der Waals surface area contributed by atoms with Crippen LogP contribution in [0, 0.1) is 0 Å². The molecule has 0 spiro atoms. The molecule has 0 atom stereocenters. The van der Waals surface area contributed by atoms with E-state index < -0.39 is 56.1 Å². The average Bonchev–Trinajstić information content (AvgIpc) is 2.59. The molecular formula is C13H5BrF11NO3S. The molecule has 17 heteroatoms. The first-order valence-electron chi connectivity index (χ1n) is 7.03. The summed E-state index contributed by atoms with van der Waals surface area (Å²) < 4.78 is 173. The number of carbonyl (C=O) groups is 1. The van der Waals surface area contributed by atoms with Gasteiger partial charge in [0.25, 0.3) is 15.9 Å². The Labute approximate surface area is 167 Å². The zero-order chi connectivity index (χ0) is 23.8. The Morgan fingerprint density at radius 2 is 1.03 bits per heavy atom. The molecule has 1 amide bonds. The van der Waals surface area contributed by atoms with Crippen molar-refractivity contribution >= 4 is 31.9 Å². The maximum atomic E-state index is 14.5. The van der Waals surface area contributed by atoms with Crippen molar-refractivity contribution in [2.75, 3.05) is 0 Å². The van der Waals surface area contributed by atoms with Gasteiger partial charge in [0.2, 0.25) is 0 Å². The molecular weight excluding hydrogens is 539 g/mol. The van der Waals surface area contributed by atoms with E-state index in [9.17, 15) is 61.5 Å². The summed E-state index contributed by atoms with van der Waals surface area (Å²) >= 11 is 2.82. The first-order chi connectivity index (χ1) is 13.1. The lowest BCUT2D eigenvalue weighted by molar-refractivity contribution is -0.476. The van der Waals surface area contributed by atoms with E-state index in [1.807, 2.05) is 0 Å². The summed E-state index contributed by atoms with van der Waals surface area (Å²) in [4.78, 5) is 10.5. The van der Waals surface area contributed by atoms with Crippen LogP contribution in [0.4, 0.5) is 48.3 Å². The summed E-state index contributed by atoms with van der Waals surface area (Å²) in [6.07, 6.45) is 0. The molecule has 0 saturated heterocycles. The van der Waals surface area contributed by atoms with Gasteiger partial charge in [0.05, 0.1) is 4.90 Å². The van der Waals surface area contributed by atoms with Gasteiger partial charge < -0.3 is 0 Å². The van der Waals surface area contributed by atoms with Gasteiger partial charge in [0.15, 0.2) is 0 Å². The normalized spacial score (nSPS) is 25.3. The Balaban J connectivity index is 2.67. The molecule has 1 aromatic rings. The van der Waals surface area contributed by atoms with Gasteiger partial charge in [-0.2, -0.15) is 43.9 Å². The second-order valence-electron chi connectivity index (χ2n) is 5.92. The fourth-order valence-electron chi connectivity index (χ4n) is 2.37. The predicted molar refractivity (Wildman–Crippen MR) is 78.0 cm³/mol. The van der Waals surface area contributed by atoms with E-state index in [1.54, 1.807) is 0 Å². The van der Waals surface area contributed by atoms with Gasteiger partial charge in [-0.3, -0.25) is 4.79 Å². The highest BCUT2D eigenvalue weighted by Crippen LogP contribution is 2.69. The smallest absolute Gasteiger partial charge is 0.270 e. The molecule has 0 heterocycles. The van der Waals surface area contributed by atoms with Crippen molar-refractivity contribution in [1.82, 2.24) is 4.72 Å². The number of hydrogen-bond acceptors (Lipinski definition) is 3. The minimum atomic E-state index is -7.53. The maximum Gasteiger partial charge on any atom is 0.384 e. The number of halogens is 12. The average molecular weight is 544 g/mol. The van der Waals surface area contributed by atoms with Crippen molar-refractivity contribution in [3.63, 3.8) is 0 Å². The minimum Gasteiger partial charge on any atom is -0.270 e. The first-order valence-corrected chi connectivity index (χ1v) is 9.31. The zero-order valence-corrected chi connectivity index (χ0v) is 15.9. The Kier molecular flexibility index (Phi) is 5.28. The molecule has 4 nitrogen and oxygen atoms in total. The Bertz CT molecular complexity index is 949. The number of sulfonamides is 1. The van der Waals surface area contributed by atoms with E-state index >= 15 is 0 Å². The third-order valence-corrected chi connectivity index (χ3v) is 5.98. The number of benzene rings is 1. The highest BCUT2D eigenvalue weighted by molar-refractivity contribution is 9.10. The van der Waals surface area contributed by atoms with Crippen molar-refractivity contribution in [1.29, 1.82) is 0 Å². The van der Waals surface area contributed by atoms with Crippen LogP contribution in [0.5, 0.6) is 0 Å². The Hall–Kier alpha value is -1.65. The largest absolute Gasteiger partial charge is 0.384 e. The maximum absolute atomic E-state index is 14.5. The molecule has 0 bridgehead atoms. The lowest BCUT2D eigenvalue weighted by Gasteiger charge is -2.51. The molecule has 30 heavy (non-hydrogen) atoms. The van der Waals surface area contributed by atoms with E-state index in [1.165, 1.54) is 0 Å². The second kappa shape index (κ2) is 6.43. The quantitative estimate of drug-likeness (QED) is 0.583. The Morgan fingerprint density at radius 1 is 0.700 bits per heavy atom. The molecule has 0 aromatic heterocycles. The molecule has 2 rings (SSSR count). The minimum absolute atomic E-state index is 0.182. The van der Waals surface area contributed by atoms with Gasteiger partial charge >= 0.3 is 35.3 Å². The summed E-state index contributed by atoms with van der Waals surface area (Å²) in [5.74, 6) is -41.4. The number of alkyl halides is 11. The lowest BCUT2D eigenvalue weighted by Crippen LogP contribution is -2.86. The van der Waals surface area contributed by atoms with Crippen LogP contribution in [0.3, 0.4) is 0 Å². The number of hydrogen-bond donors (Lipinski definition) is 1. The molecule has 1 N–H and O–H groups in total. The number of rotatable bonds is 3. The van der Waals surface area contributed by atoms with Gasteiger partial charge in [0, 0.05) is 4.47 Å². The number of amides is 1. The second-order valence-corrected chi connectivity index (χ2v) is 8.52. The van der Waals surface area contributed by atoms with Crippen LogP contribution in [0.25, 0.3) is 0 Å². The number of nitrogens with one attached hydrogen (secondary N) is 1. The standard InChI is InChI=1S/C13H5BrF11NO3S/c14-5-1-3-6(4-2-5)30(28,29)26-7(27)8(15)9(16,17)11(20,21)13(24,25)12(22,23)10(8,18)19/h1-4H,(H,26,27). The van der Waals surface area contributed by atoms with Gasteiger partial charge in [0.1, 0.15) is 0 Å². The zero-order valence-electron chi connectivity index (χ0n) is 13.5. The van der Waals surface area contributed by atoms with Crippen molar-refractivity contribution in [2.45, 2.75) is 40.2 Å². The number of carbonyl (C=O) groups excluding carboxylic acids is 1. The van der Waals surface area contributed by atoms with Crippen LogP contribution in [0.2, 0.25) is 0 Å². The van der Waals surface area contributed by atoms with Gasteiger partial charge in [-0.05, 0) is 24.3 Å². The molecule has 0 unspecified atom stereocenters. The summed E-state index contributed by atoms with van der Waals surface area (Å²) in [7, 11) is -5.57. The van der Waals surface area contributed by atoms with E-state index in [0.29, 0.717) is 12.1 Å². The predicted octanol–water partition coefficient (Wildman–Crippen LogP) is 4.15. The summed E-state index contributed by atoms with van der Waals surface area (Å²) in [6, 6.07) is 3.02. The highest BCUT2D eigenvalue weighted by Gasteiger charge is 3.03. The van der Waals surface area contributed by atoms with Crippen LogP contribution in [-0.4, -0.2) is 49.6 Å². The van der Waals surface area contributed by atoms with Crippen LogP contribution in [0.15, 0.2) is 33.6 Å². The molecule has 0 radical (unpaired) electrons. The topological polar surface area (TPSA) is 63.2 Å². The van der Waals surface area contributed by atoms with Crippen LogP contribution in [-0.2, 0) is 14.8 Å². The monoisotopic (exact) mass is 543 g/mol. The van der Waals surface area contributed by atoms with E-state index in [2.05, 4.69) is 15.9 Å². The van der Waals surface area contributed by atoms with Crippen molar-refractivity contribution in [3.05, 3.63) is 28.7 Å².